The Morgan fingerprint density at radius 1 is 1.13 bits per heavy atom. The molecule has 2 heterocycles. The average Bonchev–Trinajstić information content (AvgIpc) is 2.80. The Bertz CT molecular complexity index is 1120. The Morgan fingerprint density at radius 2 is 1.94 bits per heavy atom. The van der Waals surface area contributed by atoms with Gasteiger partial charge in [0.05, 0.1) is 12.3 Å². The second-order valence-corrected chi connectivity index (χ2v) is 8.87. The molecule has 1 aliphatic rings. The summed E-state index contributed by atoms with van der Waals surface area (Å²) in [4.78, 5) is 33.6. The quantitative estimate of drug-likeness (QED) is 0.435. The molecule has 0 radical (unpaired) electrons. The fraction of sp³-hybridized carbons (Fsp3) is 0.304. The van der Waals surface area contributed by atoms with Gasteiger partial charge >= 0.3 is 5.69 Å². The number of carbonyl (C=O) groups is 1. The summed E-state index contributed by atoms with van der Waals surface area (Å²) in [6, 6.07) is 11.2. The molecule has 0 spiro atoms. The number of halogens is 1. The second kappa shape index (κ2) is 10.1. The fourth-order valence-corrected chi connectivity index (χ4v) is 4.72. The molecular weight excluding hydrogens is 432 g/mol. The first-order valence-electron chi connectivity index (χ1n) is 10.3. The maximum Gasteiger partial charge on any atom is 0.349 e. The molecule has 6 nitrogen and oxygen atoms in total. The first-order chi connectivity index (χ1) is 15.1. The molecule has 0 saturated heterocycles. The van der Waals surface area contributed by atoms with E-state index in [0.717, 1.165) is 48.1 Å². The van der Waals surface area contributed by atoms with E-state index in [1.165, 1.54) is 11.8 Å². The van der Waals surface area contributed by atoms with E-state index >= 15 is 0 Å². The predicted molar refractivity (Wildman–Crippen MR) is 123 cm³/mol. The van der Waals surface area contributed by atoms with E-state index in [9.17, 15) is 9.59 Å². The number of hydrogen-bond acceptors (Lipinski definition) is 5. The van der Waals surface area contributed by atoms with E-state index in [1.54, 1.807) is 29.1 Å². The van der Waals surface area contributed by atoms with Crippen LogP contribution >= 0.6 is 23.4 Å². The Balaban J connectivity index is 1.46. The van der Waals surface area contributed by atoms with Crippen LogP contribution in [0.1, 0.15) is 35.2 Å². The molecule has 0 bridgehead atoms. The molecule has 0 fully saturated rings. The zero-order chi connectivity index (χ0) is 21.6. The van der Waals surface area contributed by atoms with E-state index < -0.39 is 0 Å². The van der Waals surface area contributed by atoms with Gasteiger partial charge < -0.3 is 5.32 Å². The van der Waals surface area contributed by atoms with Gasteiger partial charge in [-0.25, -0.2) is 4.79 Å². The van der Waals surface area contributed by atoms with E-state index in [2.05, 4.69) is 15.3 Å². The highest BCUT2D eigenvalue weighted by molar-refractivity contribution is 7.99. The molecule has 31 heavy (non-hydrogen) atoms. The maximum atomic E-state index is 12.8. The normalized spacial score (nSPS) is 12.9. The minimum Gasteiger partial charge on any atom is -0.351 e. The molecule has 0 unspecified atom stereocenters. The molecule has 1 aromatic carbocycles. The van der Waals surface area contributed by atoms with Gasteiger partial charge in [0.15, 0.2) is 0 Å². The van der Waals surface area contributed by atoms with Crippen molar-refractivity contribution in [2.75, 3.05) is 5.75 Å². The molecule has 4 rings (SSSR count). The number of thioether (sulfide) groups is 1. The van der Waals surface area contributed by atoms with Crippen molar-refractivity contribution >= 4 is 29.3 Å². The lowest BCUT2D eigenvalue weighted by molar-refractivity contribution is -0.118. The Morgan fingerprint density at radius 3 is 2.71 bits per heavy atom. The third kappa shape index (κ3) is 5.54. The highest BCUT2D eigenvalue weighted by Crippen LogP contribution is 2.28. The van der Waals surface area contributed by atoms with Crippen LogP contribution in [0.4, 0.5) is 0 Å². The number of fused-ring (bicyclic) bond motifs is 1. The van der Waals surface area contributed by atoms with Crippen LogP contribution in [0.25, 0.3) is 0 Å². The molecule has 0 atom stereocenters. The van der Waals surface area contributed by atoms with Gasteiger partial charge in [-0.1, -0.05) is 41.6 Å². The largest absolute Gasteiger partial charge is 0.351 e. The molecular formula is C23H23ClN4O2S. The van der Waals surface area contributed by atoms with E-state index in [1.807, 2.05) is 24.3 Å². The molecule has 0 saturated carbocycles. The number of carbonyl (C=O) groups excluding carboxylic acids is 1. The number of nitrogens with zero attached hydrogens (tertiary/aromatic N) is 3. The Kier molecular flexibility index (Phi) is 7.04. The molecule has 3 aromatic rings. The summed E-state index contributed by atoms with van der Waals surface area (Å²) in [6.45, 7) is 0.906. The minimum atomic E-state index is -0.270. The summed E-state index contributed by atoms with van der Waals surface area (Å²) >= 11 is 7.23. The lowest BCUT2D eigenvalue weighted by atomic mass is 9.97. The molecule has 0 aliphatic heterocycles. The lowest BCUT2D eigenvalue weighted by Crippen LogP contribution is -2.31. The lowest BCUT2D eigenvalue weighted by Gasteiger charge is -2.22. The first-order valence-corrected chi connectivity index (χ1v) is 11.6. The molecule has 1 amide bonds. The topological polar surface area (TPSA) is 76.9 Å². The summed E-state index contributed by atoms with van der Waals surface area (Å²) in [7, 11) is 0. The number of benzene rings is 1. The van der Waals surface area contributed by atoms with Crippen LogP contribution in [0.3, 0.4) is 0 Å². The summed E-state index contributed by atoms with van der Waals surface area (Å²) in [6.07, 6.45) is 7.34. The van der Waals surface area contributed by atoms with Gasteiger partial charge in [0.2, 0.25) is 5.91 Å². The molecule has 160 valence electrons. The zero-order valence-electron chi connectivity index (χ0n) is 17.0. The number of pyridine rings is 1. The van der Waals surface area contributed by atoms with Crippen molar-refractivity contribution in [1.29, 1.82) is 0 Å². The van der Waals surface area contributed by atoms with Crippen molar-refractivity contribution in [1.82, 2.24) is 19.9 Å². The van der Waals surface area contributed by atoms with E-state index in [4.69, 9.17) is 11.6 Å². The summed E-state index contributed by atoms with van der Waals surface area (Å²) in [5.41, 5.74) is 3.83. The molecule has 2 aromatic heterocycles. The number of nitrogens with one attached hydrogen (secondary N) is 1. The van der Waals surface area contributed by atoms with Crippen molar-refractivity contribution in [3.8, 4) is 0 Å². The van der Waals surface area contributed by atoms with Gasteiger partial charge in [0, 0.05) is 35.2 Å². The summed E-state index contributed by atoms with van der Waals surface area (Å²) in [5, 5.41) is 4.26. The Hall–Kier alpha value is -2.64. The molecule has 8 heteroatoms. The average molecular weight is 455 g/mol. The third-order valence-corrected chi connectivity index (χ3v) is 6.53. The number of hydrogen-bond donors (Lipinski definition) is 1. The number of aromatic nitrogens is 3. The van der Waals surface area contributed by atoms with Crippen molar-refractivity contribution in [2.45, 2.75) is 43.8 Å². The minimum absolute atomic E-state index is 0.0918. The number of amides is 1. The highest BCUT2D eigenvalue weighted by atomic mass is 35.5. The van der Waals surface area contributed by atoms with Crippen molar-refractivity contribution in [3.63, 3.8) is 0 Å². The highest BCUT2D eigenvalue weighted by Gasteiger charge is 2.21. The van der Waals surface area contributed by atoms with Gasteiger partial charge in [-0.3, -0.25) is 14.3 Å². The van der Waals surface area contributed by atoms with Gasteiger partial charge in [-0.2, -0.15) is 4.98 Å². The maximum absolute atomic E-state index is 12.8. The van der Waals surface area contributed by atoms with Crippen molar-refractivity contribution in [2.24, 2.45) is 0 Å². The standard InChI is InChI=1S/C23H23ClN4O2S/c24-18-9-7-16(8-10-18)13-26-21(29)15-31-22-19-5-1-2-6-20(19)28(23(30)27-22)14-17-4-3-11-25-12-17/h3-4,7-12H,1-2,5-6,13-15H2,(H,26,29). The van der Waals surface area contributed by atoms with Crippen LogP contribution < -0.4 is 11.0 Å². The van der Waals surface area contributed by atoms with E-state index in [-0.39, 0.29) is 17.3 Å². The SMILES string of the molecule is O=C(CSc1nc(=O)n(Cc2cccnc2)c2c1CCCC2)NCc1ccc(Cl)cc1. The van der Waals surface area contributed by atoms with Crippen LogP contribution in [-0.2, 0) is 30.7 Å². The van der Waals surface area contributed by atoms with Crippen LogP contribution in [0.15, 0.2) is 58.6 Å². The van der Waals surface area contributed by atoms with Crippen molar-refractivity contribution in [3.05, 3.63) is 86.7 Å². The van der Waals surface area contributed by atoms with Crippen molar-refractivity contribution < 1.29 is 4.79 Å². The summed E-state index contributed by atoms with van der Waals surface area (Å²) < 4.78 is 1.76. The Labute approximate surface area is 190 Å². The van der Waals surface area contributed by atoms with E-state index in [0.29, 0.717) is 23.1 Å². The van der Waals surface area contributed by atoms with Gasteiger partial charge in [-0.05, 0) is 55.0 Å². The fourth-order valence-electron chi connectivity index (χ4n) is 3.69. The second-order valence-electron chi connectivity index (χ2n) is 7.47. The zero-order valence-corrected chi connectivity index (χ0v) is 18.6. The smallest absolute Gasteiger partial charge is 0.349 e. The van der Waals surface area contributed by atoms with Crippen LogP contribution in [0.2, 0.25) is 5.02 Å². The van der Waals surface area contributed by atoms with Gasteiger partial charge in [0.1, 0.15) is 5.03 Å². The van der Waals surface area contributed by atoms with Crippen LogP contribution in [-0.4, -0.2) is 26.2 Å². The number of rotatable bonds is 7. The molecule has 1 N–H and O–H groups in total. The van der Waals surface area contributed by atoms with Gasteiger partial charge in [-0.15, -0.1) is 0 Å². The third-order valence-electron chi connectivity index (χ3n) is 5.26. The first kappa shape index (κ1) is 21.6. The van der Waals surface area contributed by atoms with Crippen LogP contribution in [0.5, 0.6) is 0 Å². The summed E-state index contributed by atoms with van der Waals surface area (Å²) in [5.74, 6) is 0.130. The monoisotopic (exact) mass is 454 g/mol. The van der Waals surface area contributed by atoms with Gasteiger partial charge in [0.25, 0.3) is 0 Å². The predicted octanol–water partition coefficient (Wildman–Crippen LogP) is 3.63. The van der Waals surface area contributed by atoms with Crippen LogP contribution in [0, 0.1) is 0 Å². The molecule has 1 aliphatic carbocycles.